The Labute approximate surface area is 108 Å². The second-order valence-corrected chi connectivity index (χ2v) is 5.02. The van der Waals surface area contributed by atoms with Crippen molar-refractivity contribution in [2.45, 2.75) is 20.4 Å². The molecule has 1 aliphatic heterocycles. The predicted octanol–water partition coefficient (Wildman–Crippen LogP) is 1.43. The molecule has 2 N–H and O–H groups in total. The summed E-state index contributed by atoms with van der Waals surface area (Å²) >= 11 is 0. The minimum absolute atomic E-state index is 0.476. The maximum absolute atomic E-state index is 9.20. The van der Waals surface area contributed by atoms with Crippen molar-refractivity contribution < 1.29 is 4.74 Å². The second kappa shape index (κ2) is 5.32. The third-order valence-electron chi connectivity index (χ3n) is 3.07. The molecule has 2 heterocycles. The van der Waals surface area contributed by atoms with Crippen molar-refractivity contribution in [1.29, 1.82) is 5.26 Å². The molecular weight excluding hydrogens is 228 g/mol. The smallest absolute Gasteiger partial charge is 0.133 e. The largest absolute Gasteiger partial charge is 0.396 e. The van der Waals surface area contributed by atoms with E-state index in [-0.39, 0.29) is 0 Å². The number of rotatable bonds is 3. The molecule has 0 bridgehead atoms. The first-order valence-corrected chi connectivity index (χ1v) is 6.35. The number of anilines is 2. The Bertz CT molecular complexity index is 452. The average Bonchev–Trinajstić information content (AvgIpc) is 2.66. The Morgan fingerprint density at radius 1 is 1.44 bits per heavy atom. The van der Waals surface area contributed by atoms with Gasteiger partial charge < -0.3 is 19.9 Å². The van der Waals surface area contributed by atoms with Crippen molar-refractivity contribution in [3.63, 3.8) is 0 Å². The summed E-state index contributed by atoms with van der Waals surface area (Å²) in [6, 6.07) is 4.00. The summed E-state index contributed by atoms with van der Waals surface area (Å²) in [7, 11) is 0. The zero-order valence-corrected chi connectivity index (χ0v) is 11.0. The van der Waals surface area contributed by atoms with Gasteiger partial charge in [0.15, 0.2) is 0 Å². The van der Waals surface area contributed by atoms with Crippen LogP contribution in [0.25, 0.3) is 0 Å². The van der Waals surface area contributed by atoms with Crippen LogP contribution in [0.5, 0.6) is 0 Å². The summed E-state index contributed by atoms with van der Waals surface area (Å²) in [6.07, 6.45) is 0. The molecule has 5 nitrogen and oxygen atoms in total. The fourth-order valence-electron chi connectivity index (χ4n) is 2.33. The number of aromatic nitrogens is 1. The van der Waals surface area contributed by atoms with Crippen molar-refractivity contribution in [3.8, 4) is 6.07 Å². The molecule has 1 aromatic heterocycles. The summed E-state index contributed by atoms with van der Waals surface area (Å²) in [5.74, 6) is 1.45. The van der Waals surface area contributed by atoms with Gasteiger partial charge in [-0.05, 0) is 12.0 Å². The molecule has 0 radical (unpaired) electrons. The molecule has 1 saturated heterocycles. The minimum atomic E-state index is 0.476. The minimum Gasteiger partial charge on any atom is -0.396 e. The lowest BCUT2D eigenvalue weighted by molar-refractivity contribution is 0.122. The van der Waals surface area contributed by atoms with E-state index in [2.05, 4.69) is 24.8 Å². The van der Waals surface area contributed by atoms with Gasteiger partial charge in [-0.1, -0.05) is 13.8 Å². The molecule has 5 heteroatoms. The lowest BCUT2D eigenvalue weighted by Gasteiger charge is -2.30. The lowest BCUT2D eigenvalue weighted by atomic mass is 10.2. The summed E-state index contributed by atoms with van der Waals surface area (Å²) in [4.78, 5) is 2.21. The van der Waals surface area contributed by atoms with E-state index in [1.807, 2.05) is 4.57 Å². The van der Waals surface area contributed by atoms with E-state index in [0.29, 0.717) is 30.5 Å². The van der Waals surface area contributed by atoms with Gasteiger partial charge in [-0.3, -0.25) is 0 Å². The van der Waals surface area contributed by atoms with Crippen LogP contribution in [0.1, 0.15) is 19.5 Å². The van der Waals surface area contributed by atoms with Crippen molar-refractivity contribution in [1.82, 2.24) is 4.57 Å². The van der Waals surface area contributed by atoms with Gasteiger partial charge >= 0.3 is 0 Å². The van der Waals surface area contributed by atoms with Gasteiger partial charge in [0.05, 0.1) is 18.9 Å². The maximum Gasteiger partial charge on any atom is 0.133 e. The van der Waals surface area contributed by atoms with E-state index in [0.717, 1.165) is 25.5 Å². The standard InChI is InChI=1S/C13H20N4O/c1-10(2)9-17-11(8-14)7-12(15)13(17)16-3-5-18-6-4-16/h7,10H,3-6,9,15H2,1-2H3. The zero-order chi connectivity index (χ0) is 13.1. The summed E-state index contributed by atoms with van der Waals surface area (Å²) < 4.78 is 7.39. The van der Waals surface area contributed by atoms with Gasteiger partial charge in [0.1, 0.15) is 17.6 Å². The van der Waals surface area contributed by atoms with Crippen molar-refractivity contribution in [2.24, 2.45) is 5.92 Å². The third-order valence-corrected chi connectivity index (χ3v) is 3.07. The fraction of sp³-hybridized carbons (Fsp3) is 0.615. The molecule has 0 aliphatic carbocycles. The monoisotopic (exact) mass is 248 g/mol. The first-order chi connectivity index (χ1) is 8.63. The molecule has 2 rings (SSSR count). The highest BCUT2D eigenvalue weighted by Gasteiger charge is 2.21. The van der Waals surface area contributed by atoms with Gasteiger partial charge in [-0.25, -0.2) is 0 Å². The van der Waals surface area contributed by atoms with Crippen LogP contribution in [0.4, 0.5) is 11.5 Å². The van der Waals surface area contributed by atoms with Crippen LogP contribution in [0.15, 0.2) is 6.07 Å². The van der Waals surface area contributed by atoms with Crippen LogP contribution in [-0.4, -0.2) is 30.9 Å². The quantitative estimate of drug-likeness (QED) is 0.878. The van der Waals surface area contributed by atoms with Crippen LogP contribution in [-0.2, 0) is 11.3 Å². The molecule has 0 atom stereocenters. The molecule has 0 amide bonds. The highest BCUT2D eigenvalue weighted by molar-refractivity contribution is 5.68. The van der Waals surface area contributed by atoms with Crippen molar-refractivity contribution in [3.05, 3.63) is 11.8 Å². The van der Waals surface area contributed by atoms with E-state index < -0.39 is 0 Å². The Morgan fingerprint density at radius 3 is 2.67 bits per heavy atom. The first kappa shape index (κ1) is 12.8. The number of nitriles is 1. The fourth-order valence-corrected chi connectivity index (χ4v) is 2.33. The Balaban J connectivity index is 2.37. The zero-order valence-electron chi connectivity index (χ0n) is 11.0. The molecule has 0 spiro atoms. The predicted molar refractivity (Wildman–Crippen MR) is 71.4 cm³/mol. The van der Waals surface area contributed by atoms with Crippen molar-refractivity contribution >= 4 is 11.5 Å². The van der Waals surface area contributed by atoms with E-state index in [4.69, 9.17) is 10.5 Å². The Hall–Kier alpha value is -1.67. The van der Waals surface area contributed by atoms with Gasteiger partial charge in [-0.15, -0.1) is 0 Å². The SMILES string of the molecule is CC(C)Cn1c(C#N)cc(N)c1N1CCOCC1. The van der Waals surface area contributed by atoms with Crippen LogP contribution in [0.2, 0.25) is 0 Å². The number of morpholine rings is 1. The number of nitrogens with zero attached hydrogens (tertiary/aromatic N) is 3. The molecule has 18 heavy (non-hydrogen) atoms. The van der Waals surface area contributed by atoms with Crippen LogP contribution >= 0.6 is 0 Å². The second-order valence-electron chi connectivity index (χ2n) is 5.02. The van der Waals surface area contributed by atoms with Gasteiger partial charge in [0.25, 0.3) is 0 Å². The number of hydrogen-bond donors (Lipinski definition) is 1. The van der Waals surface area contributed by atoms with E-state index in [1.54, 1.807) is 6.07 Å². The van der Waals surface area contributed by atoms with E-state index in [1.165, 1.54) is 0 Å². The van der Waals surface area contributed by atoms with Crippen LogP contribution < -0.4 is 10.6 Å². The number of nitrogens with two attached hydrogens (primary N) is 1. The first-order valence-electron chi connectivity index (χ1n) is 6.35. The van der Waals surface area contributed by atoms with E-state index in [9.17, 15) is 5.26 Å². The molecule has 0 aromatic carbocycles. The Kier molecular flexibility index (Phi) is 3.78. The molecule has 0 unspecified atom stereocenters. The Morgan fingerprint density at radius 2 is 2.11 bits per heavy atom. The van der Waals surface area contributed by atoms with Crippen LogP contribution in [0.3, 0.4) is 0 Å². The highest BCUT2D eigenvalue weighted by Crippen LogP contribution is 2.29. The molecule has 98 valence electrons. The summed E-state index contributed by atoms with van der Waals surface area (Å²) in [5, 5.41) is 9.20. The molecule has 0 saturated carbocycles. The van der Waals surface area contributed by atoms with Gasteiger partial charge in [0.2, 0.25) is 0 Å². The van der Waals surface area contributed by atoms with Gasteiger partial charge in [0, 0.05) is 19.6 Å². The summed E-state index contributed by atoms with van der Waals surface area (Å²) in [5.41, 5.74) is 7.40. The molecule has 1 aromatic rings. The highest BCUT2D eigenvalue weighted by atomic mass is 16.5. The summed E-state index contributed by atoms with van der Waals surface area (Å²) in [6.45, 7) is 8.18. The van der Waals surface area contributed by atoms with Crippen LogP contribution in [0, 0.1) is 17.2 Å². The topological polar surface area (TPSA) is 67.2 Å². The third kappa shape index (κ3) is 2.44. The molecule has 1 fully saturated rings. The molecular formula is C13H20N4O. The number of hydrogen-bond acceptors (Lipinski definition) is 4. The normalized spacial score (nSPS) is 16.0. The van der Waals surface area contributed by atoms with E-state index >= 15 is 0 Å². The van der Waals surface area contributed by atoms with Gasteiger partial charge in [-0.2, -0.15) is 5.26 Å². The van der Waals surface area contributed by atoms with Crippen molar-refractivity contribution in [2.75, 3.05) is 36.9 Å². The molecule has 1 aliphatic rings. The average molecular weight is 248 g/mol. The number of ether oxygens (including phenoxy) is 1. The lowest BCUT2D eigenvalue weighted by Crippen LogP contribution is -2.38. The maximum atomic E-state index is 9.20. The number of nitrogen functional groups attached to an aromatic ring is 1.